The van der Waals surface area contributed by atoms with Gasteiger partial charge in [-0.25, -0.2) is 4.98 Å². The van der Waals surface area contributed by atoms with Gasteiger partial charge in [0.25, 0.3) is 0 Å². The van der Waals surface area contributed by atoms with Crippen molar-refractivity contribution < 1.29 is 9.53 Å². The van der Waals surface area contributed by atoms with Crippen LogP contribution in [0.1, 0.15) is 18.7 Å². The molecule has 1 unspecified atom stereocenters. The second-order valence-electron chi connectivity index (χ2n) is 4.50. The number of methoxy groups -OCH3 is 1. The van der Waals surface area contributed by atoms with Gasteiger partial charge in [-0.05, 0) is 13.3 Å². The van der Waals surface area contributed by atoms with E-state index < -0.39 is 0 Å². The maximum atomic E-state index is 11.4. The Morgan fingerprint density at radius 2 is 2.28 bits per heavy atom. The Morgan fingerprint density at radius 3 is 2.94 bits per heavy atom. The van der Waals surface area contributed by atoms with E-state index in [1.165, 1.54) is 0 Å². The zero-order valence-electron chi connectivity index (χ0n) is 10.9. The Labute approximate surface area is 106 Å². The van der Waals surface area contributed by atoms with Crippen molar-refractivity contribution >= 4 is 11.7 Å². The van der Waals surface area contributed by atoms with Gasteiger partial charge in [-0.1, -0.05) is 0 Å². The van der Waals surface area contributed by atoms with E-state index in [1.54, 1.807) is 18.1 Å². The molecule has 18 heavy (non-hydrogen) atoms. The van der Waals surface area contributed by atoms with Crippen LogP contribution < -0.4 is 10.1 Å². The van der Waals surface area contributed by atoms with Gasteiger partial charge in [-0.2, -0.15) is 4.98 Å². The average Bonchev–Trinajstić information content (AvgIpc) is 2.33. The molecule has 1 aromatic rings. The molecule has 1 aliphatic rings. The molecule has 2 heterocycles. The third kappa shape index (κ3) is 2.88. The summed E-state index contributed by atoms with van der Waals surface area (Å²) in [5.41, 5.74) is 0. The zero-order valence-corrected chi connectivity index (χ0v) is 10.9. The average molecular weight is 250 g/mol. The van der Waals surface area contributed by atoms with Crippen LogP contribution in [0.15, 0.2) is 6.07 Å². The first-order valence-electron chi connectivity index (χ1n) is 5.98. The minimum atomic E-state index is 0.199. The summed E-state index contributed by atoms with van der Waals surface area (Å²) in [6.45, 7) is 2.52. The molecular weight excluding hydrogens is 232 g/mol. The van der Waals surface area contributed by atoms with Gasteiger partial charge in [0, 0.05) is 32.1 Å². The van der Waals surface area contributed by atoms with Gasteiger partial charge in [0.1, 0.15) is 11.6 Å². The van der Waals surface area contributed by atoms with Crippen LogP contribution >= 0.6 is 0 Å². The molecule has 0 radical (unpaired) electrons. The first-order valence-corrected chi connectivity index (χ1v) is 5.98. The van der Waals surface area contributed by atoms with Crippen LogP contribution in [0.4, 0.5) is 5.82 Å². The molecule has 1 amide bonds. The number of likely N-dealkylation sites (tertiary alicyclic amines) is 1. The Bertz CT molecular complexity index is 450. The van der Waals surface area contributed by atoms with Crippen molar-refractivity contribution in [3.05, 3.63) is 11.9 Å². The number of anilines is 1. The van der Waals surface area contributed by atoms with Crippen molar-refractivity contribution in [3.63, 3.8) is 0 Å². The van der Waals surface area contributed by atoms with Gasteiger partial charge in [0.2, 0.25) is 11.8 Å². The van der Waals surface area contributed by atoms with E-state index in [4.69, 9.17) is 4.74 Å². The van der Waals surface area contributed by atoms with Crippen LogP contribution in [-0.2, 0) is 4.79 Å². The summed E-state index contributed by atoms with van der Waals surface area (Å²) < 4.78 is 5.11. The minimum Gasteiger partial charge on any atom is -0.481 e. The predicted octanol–water partition coefficient (Wildman–Crippen LogP) is 0.826. The second-order valence-corrected chi connectivity index (χ2v) is 4.50. The molecule has 1 aliphatic heterocycles. The number of likely N-dealkylation sites (N-methyl/N-ethyl adjacent to an activating group) is 1. The third-order valence-electron chi connectivity index (χ3n) is 3.00. The number of hydrogen-bond donors (Lipinski definition) is 1. The van der Waals surface area contributed by atoms with Crippen LogP contribution in [-0.4, -0.2) is 47.5 Å². The molecule has 1 atom stereocenters. The lowest BCUT2D eigenvalue weighted by atomic mass is 10.1. The fourth-order valence-corrected chi connectivity index (χ4v) is 2.06. The van der Waals surface area contributed by atoms with E-state index in [-0.39, 0.29) is 11.9 Å². The summed E-state index contributed by atoms with van der Waals surface area (Å²) in [5.74, 6) is 2.15. The zero-order chi connectivity index (χ0) is 13.1. The Balaban J connectivity index is 2.05. The smallest absolute Gasteiger partial charge is 0.222 e. The largest absolute Gasteiger partial charge is 0.481 e. The number of nitrogens with one attached hydrogen (secondary N) is 1. The number of piperidine rings is 1. The Hall–Kier alpha value is -1.85. The molecule has 0 bridgehead atoms. The van der Waals surface area contributed by atoms with Crippen molar-refractivity contribution in [1.82, 2.24) is 14.9 Å². The summed E-state index contributed by atoms with van der Waals surface area (Å²) in [6.07, 6.45) is 1.41. The molecule has 1 aromatic heterocycles. The normalized spacial score (nSPS) is 19.8. The van der Waals surface area contributed by atoms with Crippen LogP contribution in [0.2, 0.25) is 0 Å². The number of carbonyl (C=O) groups is 1. The number of nitrogens with zero attached hydrogens (tertiary/aromatic N) is 3. The highest BCUT2D eigenvalue weighted by Crippen LogP contribution is 2.17. The second kappa shape index (κ2) is 5.20. The molecule has 2 rings (SSSR count). The van der Waals surface area contributed by atoms with Crippen LogP contribution in [0.3, 0.4) is 0 Å². The van der Waals surface area contributed by atoms with E-state index in [9.17, 15) is 4.79 Å². The fraction of sp³-hybridized carbons (Fsp3) is 0.583. The number of carbonyl (C=O) groups excluding carboxylic acids is 1. The molecular formula is C12H18N4O2. The molecule has 98 valence electrons. The topological polar surface area (TPSA) is 67.3 Å². The van der Waals surface area contributed by atoms with E-state index in [1.807, 2.05) is 14.0 Å². The number of hydrogen-bond acceptors (Lipinski definition) is 5. The number of aromatic nitrogens is 2. The van der Waals surface area contributed by atoms with Crippen molar-refractivity contribution in [2.45, 2.75) is 25.8 Å². The van der Waals surface area contributed by atoms with Gasteiger partial charge in [0.05, 0.1) is 7.11 Å². The molecule has 0 aliphatic carbocycles. The predicted molar refractivity (Wildman–Crippen MR) is 67.6 cm³/mol. The third-order valence-corrected chi connectivity index (χ3v) is 3.00. The lowest BCUT2D eigenvalue weighted by Gasteiger charge is -2.30. The number of rotatable bonds is 3. The maximum Gasteiger partial charge on any atom is 0.222 e. The van der Waals surface area contributed by atoms with Crippen LogP contribution in [0, 0.1) is 6.92 Å². The van der Waals surface area contributed by atoms with Crippen molar-refractivity contribution in [3.8, 4) is 5.88 Å². The maximum absolute atomic E-state index is 11.4. The molecule has 0 aromatic carbocycles. The Kier molecular flexibility index (Phi) is 3.64. The monoisotopic (exact) mass is 250 g/mol. The van der Waals surface area contributed by atoms with Gasteiger partial charge in [-0.15, -0.1) is 0 Å². The highest BCUT2D eigenvalue weighted by molar-refractivity contribution is 5.77. The quantitative estimate of drug-likeness (QED) is 0.860. The van der Waals surface area contributed by atoms with Crippen LogP contribution in [0.25, 0.3) is 0 Å². The first-order chi connectivity index (χ1) is 8.58. The lowest BCUT2D eigenvalue weighted by molar-refractivity contribution is -0.132. The van der Waals surface area contributed by atoms with Crippen molar-refractivity contribution in [2.24, 2.45) is 0 Å². The highest BCUT2D eigenvalue weighted by Gasteiger charge is 2.23. The van der Waals surface area contributed by atoms with E-state index >= 15 is 0 Å². The number of amides is 1. The molecule has 0 spiro atoms. The highest BCUT2D eigenvalue weighted by atomic mass is 16.5. The van der Waals surface area contributed by atoms with E-state index in [2.05, 4.69) is 15.3 Å². The van der Waals surface area contributed by atoms with Crippen molar-refractivity contribution in [1.29, 1.82) is 0 Å². The number of ether oxygens (including phenoxy) is 1. The van der Waals surface area contributed by atoms with Crippen LogP contribution in [0.5, 0.6) is 5.88 Å². The van der Waals surface area contributed by atoms with Gasteiger partial charge < -0.3 is 15.0 Å². The standard InChI is InChI=1S/C12H18N4O2/c1-8-13-10(6-11(14-8)18-3)15-9-4-5-12(17)16(2)7-9/h6,9H,4-5,7H2,1-3H3,(H,13,14,15). The summed E-state index contributed by atoms with van der Waals surface area (Å²) in [6, 6.07) is 2.00. The lowest BCUT2D eigenvalue weighted by Crippen LogP contribution is -2.43. The Morgan fingerprint density at radius 1 is 1.50 bits per heavy atom. The van der Waals surface area contributed by atoms with Gasteiger partial charge >= 0.3 is 0 Å². The summed E-state index contributed by atoms with van der Waals surface area (Å²) >= 11 is 0. The summed E-state index contributed by atoms with van der Waals surface area (Å²) in [7, 11) is 3.40. The molecule has 1 N–H and O–H groups in total. The summed E-state index contributed by atoms with van der Waals surface area (Å²) in [5, 5.41) is 3.32. The molecule has 1 fully saturated rings. The van der Waals surface area contributed by atoms with Gasteiger partial charge in [0.15, 0.2) is 0 Å². The van der Waals surface area contributed by atoms with E-state index in [0.29, 0.717) is 24.7 Å². The number of aryl methyl sites for hydroxylation is 1. The fourth-order valence-electron chi connectivity index (χ4n) is 2.06. The van der Waals surface area contributed by atoms with Crippen molar-refractivity contribution in [2.75, 3.05) is 26.0 Å². The van der Waals surface area contributed by atoms with E-state index in [0.717, 1.165) is 12.2 Å². The minimum absolute atomic E-state index is 0.199. The molecule has 6 heteroatoms. The van der Waals surface area contributed by atoms with Gasteiger partial charge in [-0.3, -0.25) is 4.79 Å². The summed E-state index contributed by atoms with van der Waals surface area (Å²) in [4.78, 5) is 21.6. The molecule has 6 nitrogen and oxygen atoms in total. The molecule has 0 saturated carbocycles. The first kappa shape index (κ1) is 12.6. The molecule has 1 saturated heterocycles. The SMILES string of the molecule is COc1cc(NC2CCC(=O)N(C)C2)nc(C)n1.